The molecule has 0 radical (unpaired) electrons. The number of halogens is 2. The number of nitrogens with one attached hydrogen (secondary N) is 1. The molecule has 2 heterocycles. The van der Waals surface area contributed by atoms with Gasteiger partial charge in [0, 0.05) is 29.6 Å². The summed E-state index contributed by atoms with van der Waals surface area (Å²) in [7, 11) is 1.41. The van der Waals surface area contributed by atoms with E-state index in [2.05, 4.69) is 4.98 Å². The summed E-state index contributed by atoms with van der Waals surface area (Å²) >= 11 is 0. The molecule has 218 valence electrons. The zero-order valence-corrected chi connectivity index (χ0v) is 23.8. The second-order valence-corrected chi connectivity index (χ2v) is 12.0. The fourth-order valence-corrected chi connectivity index (χ4v) is 6.82. The zero-order chi connectivity index (χ0) is 30.2. The molecule has 4 N–H and O–H groups in total. The van der Waals surface area contributed by atoms with Gasteiger partial charge in [-0.2, -0.15) is 0 Å². The first-order valence-corrected chi connectivity index (χ1v) is 14.0. The van der Waals surface area contributed by atoms with Crippen LogP contribution >= 0.6 is 0 Å². The number of benzene rings is 2. The minimum atomic E-state index is -0.916. The van der Waals surface area contributed by atoms with Crippen molar-refractivity contribution in [3.8, 4) is 0 Å². The van der Waals surface area contributed by atoms with E-state index in [4.69, 9.17) is 5.73 Å². The Labute approximate surface area is 239 Å². The fourth-order valence-electron chi connectivity index (χ4n) is 6.82. The van der Waals surface area contributed by atoms with Crippen molar-refractivity contribution in [3.63, 3.8) is 0 Å². The molecule has 2 aliphatic carbocycles. The van der Waals surface area contributed by atoms with Crippen LogP contribution in [-0.4, -0.2) is 30.7 Å². The highest BCUT2D eigenvalue weighted by molar-refractivity contribution is 6.07. The third kappa shape index (κ3) is 4.07. The molecule has 0 saturated carbocycles. The van der Waals surface area contributed by atoms with E-state index in [-0.39, 0.29) is 22.4 Å². The van der Waals surface area contributed by atoms with Gasteiger partial charge in [-0.25, -0.2) is 18.1 Å². The highest BCUT2D eigenvalue weighted by Gasteiger charge is 2.35. The van der Waals surface area contributed by atoms with Crippen molar-refractivity contribution in [3.05, 3.63) is 96.8 Å². The monoisotopic (exact) mass is 574 g/mol. The number of allylic oxidation sites excluding steroid dienone is 4. The molecular weight excluding hydrogens is 542 g/mol. The lowest BCUT2D eigenvalue weighted by Gasteiger charge is -2.32. The third-order valence-corrected chi connectivity index (χ3v) is 9.11. The number of primary amides is 1. The summed E-state index contributed by atoms with van der Waals surface area (Å²) in [4.78, 5) is 42.7. The van der Waals surface area contributed by atoms with Gasteiger partial charge in [-0.3, -0.25) is 14.2 Å². The number of aryl methyl sites for hydroxylation is 2. The summed E-state index contributed by atoms with van der Waals surface area (Å²) < 4.78 is 32.8. The van der Waals surface area contributed by atoms with E-state index < -0.39 is 40.3 Å². The fraction of sp³-hybridized carbons (Fsp3) is 0.344. The topological polar surface area (TPSA) is 123 Å². The normalized spacial score (nSPS) is 19.1. The Kier molecular flexibility index (Phi) is 6.38. The van der Waals surface area contributed by atoms with E-state index in [0.717, 1.165) is 26.5 Å². The number of H-pyrrole nitrogens is 1. The van der Waals surface area contributed by atoms with Gasteiger partial charge in [0.25, 0.3) is 11.5 Å². The number of carbonyl (C=O) groups excluding carboxylic acids is 1. The summed E-state index contributed by atoms with van der Waals surface area (Å²) in [5.41, 5.74) is 6.69. The molecule has 0 spiro atoms. The molecule has 1 amide bonds. The number of para-hydroxylation sites is 1. The summed E-state index contributed by atoms with van der Waals surface area (Å²) in [6, 6.07) is 5.22. The Bertz CT molecular complexity index is 2010. The highest BCUT2D eigenvalue weighted by Crippen LogP contribution is 2.45. The molecule has 2 aromatic heterocycles. The van der Waals surface area contributed by atoms with E-state index in [1.807, 2.05) is 0 Å². The minimum Gasteiger partial charge on any atom is -0.390 e. The first kappa shape index (κ1) is 27.8. The van der Waals surface area contributed by atoms with Crippen molar-refractivity contribution in [1.29, 1.82) is 0 Å². The average Bonchev–Trinajstić information content (AvgIpc) is 3.30. The molecule has 1 unspecified atom stereocenters. The lowest BCUT2D eigenvalue weighted by atomic mass is 9.76. The summed E-state index contributed by atoms with van der Waals surface area (Å²) in [5.74, 6) is -2.65. The van der Waals surface area contributed by atoms with E-state index >= 15 is 4.39 Å². The number of hydrogen-bond donors (Lipinski definition) is 3. The van der Waals surface area contributed by atoms with Crippen LogP contribution in [0.5, 0.6) is 0 Å². The summed E-state index contributed by atoms with van der Waals surface area (Å²) in [5, 5.41) is 11.3. The van der Waals surface area contributed by atoms with Gasteiger partial charge < -0.3 is 15.8 Å². The number of aromatic nitrogens is 3. The van der Waals surface area contributed by atoms with Crippen molar-refractivity contribution in [1.82, 2.24) is 14.1 Å². The van der Waals surface area contributed by atoms with E-state index in [0.29, 0.717) is 53.4 Å². The molecule has 2 aliphatic rings. The van der Waals surface area contributed by atoms with Crippen molar-refractivity contribution in [2.75, 3.05) is 0 Å². The van der Waals surface area contributed by atoms with Crippen LogP contribution in [0.4, 0.5) is 8.78 Å². The number of fused-ring (bicyclic) bond motifs is 4. The number of rotatable bonds is 4. The van der Waals surface area contributed by atoms with Crippen LogP contribution in [0, 0.1) is 17.6 Å². The lowest BCUT2D eigenvalue weighted by Crippen LogP contribution is -2.39. The van der Waals surface area contributed by atoms with Crippen molar-refractivity contribution in [2.24, 2.45) is 18.7 Å². The quantitative estimate of drug-likeness (QED) is 0.334. The first-order valence-electron chi connectivity index (χ1n) is 14.0. The Morgan fingerprint density at radius 3 is 2.62 bits per heavy atom. The van der Waals surface area contributed by atoms with Crippen LogP contribution in [0.15, 0.2) is 51.6 Å². The van der Waals surface area contributed by atoms with Crippen molar-refractivity contribution in [2.45, 2.75) is 58.0 Å². The Balaban J connectivity index is 1.60. The van der Waals surface area contributed by atoms with Crippen LogP contribution in [0.3, 0.4) is 0 Å². The number of nitrogens with two attached hydrogens (primary N) is 1. The van der Waals surface area contributed by atoms with Crippen molar-refractivity contribution >= 4 is 33.4 Å². The van der Waals surface area contributed by atoms with Crippen LogP contribution < -0.4 is 17.0 Å². The van der Waals surface area contributed by atoms with Gasteiger partial charge in [0.05, 0.1) is 33.3 Å². The molecule has 4 aromatic rings. The molecule has 2 atom stereocenters. The molecular formula is C32H32F2N4O4. The predicted octanol–water partition coefficient (Wildman–Crippen LogP) is 4.41. The molecule has 0 aliphatic heterocycles. The van der Waals surface area contributed by atoms with Gasteiger partial charge in [0.15, 0.2) is 0 Å². The SMILES string of the molecule is CC1=C(n2c(=O)c3cccc(F)c3n(C)c2=O)C=CCC1c1c(F)cc(C(N)=O)c2[nH]c3c(c12)CC[C@H](C(C)(C)O)C3. The van der Waals surface area contributed by atoms with Gasteiger partial charge in [0.1, 0.15) is 11.6 Å². The largest absolute Gasteiger partial charge is 0.390 e. The number of hydrogen-bond acceptors (Lipinski definition) is 4. The number of nitrogens with zero attached hydrogens (tertiary/aromatic N) is 2. The molecule has 0 saturated heterocycles. The molecule has 8 nitrogen and oxygen atoms in total. The molecule has 2 aromatic carbocycles. The molecule has 10 heteroatoms. The van der Waals surface area contributed by atoms with Crippen molar-refractivity contribution < 1.29 is 18.7 Å². The smallest absolute Gasteiger partial charge is 0.335 e. The number of amides is 1. The molecule has 42 heavy (non-hydrogen) atoms. The molecule has 0 bridgehead atoms. The van der Waals surface area contributed by atoms with Crippen LogP contribution in [0.2, 0.25) is 0 Å². The number of carbonyl (C=O) groups is 1. The lowest BCUT2D eigenvalue weighted by molar-refractivity contribution is 0.0107. The van der Waals surface area contributed by atoms with E-state index in [9.17, 15) is 23.9 Å². The number of aromatic amines is 1. The Morgan fingerprint density at radius 2 is 1.93 bits per heavy atom. The first-order chi connectivity index (χ1) is 19.8. The van der Waals surface area contributed by atoms with Crippen LogP contribution in [0.1, 0.15) is 66.7 Å². The highest BCUT2D eigenvalue weighted by atomic mass is 19.1. The number of aliphatic hydroxyl groups is 1. The predicted molar refractivity (Wildman–Crippen MR) is 157 cm³/mol. The van der Waals surface area contributed by atoms with Gasteiger partial charge in [-0.1, -0.05) is 12.1 Å². The molecule has 0 fully saturated rings. The van der Waals surface area contributed by atoms with Crippen LogP contribution in [0.25, 0.3) is 27.5 Å². The molecule has 6 rings (SSSR count). The summed E-state index contributed by atoms with van der Waals surface area (Å²) in [6.07, 6.45) is 5.60. The van der Waals surface area contributed by atoms with Gasteiger partial charge in [-0.05, 0) is 87.8 Å². The minimum absolute atomic E-state index is 0.0323. The van der Waals surface area contributed by atoms with E-state index in [1.54, 1.807) is 32.9 Å². The second-order valence-electron chi connectivity index (χ2n) is 12.0. The van der Waals surface area contributed by atoms with Gasteiger partial charge in [0.2, 0.25) is 0 Å². The second kappa shape index (κ2) is 9.62. The maximum absolute atomic E-state index is 16.1. The zero-order valence-electron chi connectivity index (χ0n) is 23.8. The average molecular weight is 575 g/mol. The maximum Gasteiger partial charge on any atom is 0.335 e. The van der Waals surface area contributed by atoms with Gasteiger partial charge in [-0.15, -0.1) is 0 Å². The third-order valence-electron chi connectivity index (χ3n) is 9.11. The summed E-state index contributed by atoms with van der Waals surface area (Å²) in [6.45, 7) is 5.28. The Morgan fingerprint density at radius 1 is 1.19 bits per heavy atom. The van der Waals surface area contributed by atoms with Crippen LogP contribution in [-0.2, 0) is 19.9 Å². The maximum atomic E-state index is 16.1. The van der Waals surface area contributed by atoms with E-state index in [1.165, 1.54) is 25.2 Å². The van der Waals surface area contributed by atoms with Gasteiger partial charge >= 0.3 is 5.69 Å². The Hall–Kier alpha value is -4.31. The standard InChI is InChI=1S/C32H32F2N4O4/c1-15-17(7-6-10-24(15)38-30(40)19-8-5-9-21(33)28(19)37(4)31(38)41)25-22(34)14-20(29(35)39)27-26(25)18-12-11-16(32(2,3)42)13-23(18)36-27/h5-6,8-10,14,16-17,36,42H,7,11-13H2,1-4H3,(H2,35,39)/t16-,17?/m0/s1.